The number of amides is 2. The van der Waals surface area contributed by atoms with Crippen LogP contribution in [0.1, 0.15) is 32.1 Å². The van der Waals surface area contributed by atoms with Gasteiger partial charge in [-0.1, -0.05) is 0 Å². The number of hydrogen-bond acceptors (Lipinski definition) is 6. The summed E-state index contributed by atoms with van der Waals surface area (Å²) in [6.07, 6.45) is 5.32. The van der Waals surface area contributed by atoms with E-state index >= 15 is 0 Å². The van der Waals surface area contributed by atoms with Crippen molar-refractivity contribution < 1.29 is 23.5 Å². The minimum absolute atomic E-state index is 0.0478. The lowest BCUT2D eigenvalue weighted by Gasteiger charge is -2.29. The van der Waals surface area contributed by atoms with Crippen LogP contribution in [0.5, 0.6) is 11.8 Å². The maximum absolute atomic E-state index is 12.9. The molecule has 1 saturated heterocycles. The Hall–Kier alpha value is -3.23. The van der Waals surface area contributed by atoms with E-state index in [4.69, 9.17) is 9.47 Å². The van der Waals surface area contributed by atoms with E-state index in [-0.39, 0.29) is 42.3 Å². The average molecular weight is 428 g/mol. The molecule has 1 aromatic heterocycles. The number of anilines is 1. The highest BCUT2D eigenvalue weighted by atomic mass is 19.1. The number of nitrogens with zero attached hydrogens (tertiary/aromatic N) is 3. The molecule has 2 amide bonds. The fourth-order valence-electron chi connectivity index (χ4n) is 4.05. The highest BCUT2D eigenvalue weighted by Gasteiger charge is 2.36. The van der Waals surface area contributed by atoms with Gasteiger partial charge in [0.25, 0.3) is 0 Å². The normalized spacial score (nSPS) is 23.5. The van der Waals surface area contributed by atoms with E-state index in [2.05, 4.69) is 15.3 Å². The maximum Gasteiger partial charge on any atom is 0.316 e. The highest BCUT2D eigenvalue weighted by molar-refractivity contribution is 6.00. The van der Waals surface area contributed by atoms with Crippen molar-refractivity contribution in [2.45, 2.75) is 44.2 Å². The molecule has 31 heavy (non-hydrogen) atoms. The molecule has 1 unspecified atom stereocenters. The van der Waals surface area contributed by atoms with Crippen molar-refractivity contribution in [1.82, 2.24) is 15.3 Å². The molecule has 2 aliphatic rings. The molecule has 8 nitrogen and oxygen atoms in total. The number of rotatable bonds is 6. The molecule has 0 radical (unpaired) electrons. The van der Waals surface area contributed by atoms with Crippen LogP contribution in [0.15, 0.2) is 36.7 Å². The molecule has 4 rings (SSSR count). The van der Waals surface area contributed by atoms with Crippen LogP contribution in [-0.4, -0.2) is 47.6 Å². The zero-order chi connectivity index (χ0) is 21.8. The third kappa shape index (κ3) is 5.10. The molecule has 1 aromatic carbocycles. The predicted octanol–water partition coefficient (Wildman–Crippen LogP) is 2.48. The Bertz CT molecular complexity index is 914. The van der Waals surface area contributed by atoms with E-state index in [1.165, 1.54) is 0 Å². The minimum atomic E-state index is -0.505. The molecular formula is C22H25FN4O4. The van der Waals surface area contributed by atoms with Crippen molar-refractivity contribution in [2.24, 2.45) is 5.92 Å². The standard InChI is InChI=1S/C22H25FN4O4/c1-30-18-8-4-17(5-9-18)27-13-14(10-20(27)28)21(29)26-16-2-6-19(7-3-16)31-22-24-11-15(23)12-25-22/h4-5,8-9,11-12,14,16,19H,2-3,6-7,10,13H2,1H3,(H,26,29). The number of ether oxygens (including phenoxy) is 2. The number of carbonyl (C=O) groups is 2. The van der Waals surface area contributed by atoms with E-state index < -0.39 is 5.82 Å². The number of aromatic nitrogens is 2. The van der Waals surface area contributed by atoms with Crippen molar-refractivity contribution in [2.75, 3.05) is 18.6 Å². The van der Waals surface area contributed by atoms with Gasteiger partial charge in [0.15, 0.2) is 5.82 Å². The van der Waals surface area contributed by atoms with Crippen LogP contribution in [0.3, 0.4) is 0 Å². The lowest BCUT2D eigenvalue weighted by atomic mass is 9.92. The largest absolute Gasteiger partial charge is 0.497 e. The Morgan fingerprint density at radius 3 is 2.45 bits per heavy atom. The minimum Gasteiger partial charge on any atom is -0.497 e. The molecule has 1 aliphatic carbocycles. The molecule has 2 aromatic rings. The fraction of sp³-hybridized carbons (Fsp3) is 0.455. The van der Waals surface area contributed by atoms with Gasteiger partial charge in [-0.05, 0) is 49.9 Å². The van der Waals surface area contributed by atoms with Crippen LogP contribution in [-0.2, 0) is 9.59 Å². The van der Waals surface area contributed by atoms with E-state index in [0.29, 0.717) is 6.54 Å². The van der Waals surface area contributed by atoms with Crippen molar-refractivity contribution in [3.63, 3.8) is 0 Å². The maximum atomic E-state index is 12.9. The van der Waals surface area contributed by atoms with Crippen molar-refractivity contribution in [3.8, 4) is 11.8 Å². The topological polar surface area (TPSA) is 93.7 Å². The first-order chi connectivity index (χ1) is 15.0. The molecule has 164 valence electrons. The zero-order valence-corrected chi connectivity index (χ0v) is 17.3. The summed E-state index contributed by atoms with van der Waals surface area (Å²) >= 11 is 0. The Morgan fingerprint density at radius 1 is 1.13 bits per heavy atom. The van der Waals surface area contributed by atoms with Gasteiger partial charge in [0.05, 0.1) is 25.4 Å². The Morgan fingerprint density at radius 2 is 1.81 bits per heavy atom. The lowest BCUT2D eigenvalue weighted by Crippen LogP contribution is -2.43. The van der Waals surface area contributed by atoms with Gasteiger partial charge in [0, 0.05) is 24.7 Å². The molecule has 1 saturated carbocycles. The molecule has 2 heterocycles. The van der Waals surface area contributed by atoms with Crippen LogP contribution in [0, 0.1) is 11.7 Å². The second-order valence-corrected chi connectivity index (χ2v) is 7.89. The first-order valence-electron chi connectivity index (χ1n) is 10.4. The average Bonchev–Trinajstić information content (AvgIpc) is 3.18. The Balaban J connectivity index is 1.25. The van der Waals surface area contributed by atoms with Gasteiger partial charge >= 0.3 is 6.01 Å². The van der Waals surface area contributed by atoms with Crippen molar-refractivity contribution in [1.29, 1.82) is 0 Å². The fourth-order valence-corrected chi connectivity index (χ4v) is 4.05. The number of benzene rings is 1. The lowest BCUT2D eigenvalue weighted by molar-refractivity contribution is -0.127. The summed E-state index contributed by atoms with van der Waals surface area (Å²) in [6.45, 7) is 0.372. The smallest absolute Gasteiger partial charge is 0.316 e. The third-order valence-corrected chi connectivity index (χ3v) is 5.77. The van der Waals surface area contributed by atoms with Crippen LogP contribution in [0.25, 0.3) is 0 Å². The van der Waals surface area contributed by atoms with Crippen molar-refractivity contribution in [3.05, 3.63) is 42.5 Å². The number of halogens is 1. The van der Waals surface area contributed by atoms with Gasteiger partial charge in [-0.2, -0.15) is 0 Å². The van der Waals surface area contributed by atoms with Crippen LogP contribution >= 0.6 is 0 Å². The summed E-state index contributed by atoms with van der Waals surface area (Å²) in [5, 5.41) is 3.09. The summed E-state index contributed by atoms with van der Waals surface area (Å²) in [5.74, 6) is -0.293. The molecule has 1 N–H and O–H groups in total. The summed E-state index contributed by atoms with van der Waals surface area (Å²) in [7, 11) is 1.59. The van der Waals surface area contributed by atoms with E-state index in [1.54, 1.807) is 24.1 Å². The Kier molecular flexibility index (Phi) is 6.29. The second kappa shape index (κ2) is 9.28. The molecule has 9 heteroatoms. The molecule has 1 atom stereocenters. The van der Waals surface area contributed by atoms with E-state index in [9.17, 15) is 14.0 Å². The van der Waals surface area contributed by atoms with E-state index in [0.717, 1.165) is 49.5 Å². The van der Waals surface area contributed by atoms with Crippen LogP contribution < -0.4 is 19.7 Å². The zero-order valence-electron chi connectivity index (χ0n) is 17.3. The number of carbonyl (C=O) groups excluding carboxylic acids is 2. The molecule has 0 bridgehead atoms. The monoisotopic (exact) mass is 428 g/mol. The first kappa shape index (κ1) is 21.0. The quantitative estimate of drug-likeness (QED) is 0.760. The molecular weight excluding hydrogens is 403 g/mol. The third-order valence-electron chi connectivity index (χ3n) is 5.77. The molecule has 1 aliphatic heterocycles. The summed E-state index contributed by atoms with van der Waals surface area (Å²) in [4.78, 5) is 34.5. The number of hydrogen-bond donors (Lipinski definition) is 1. The van der Waals surface area contributed by atoms with Crippen molar-refractivity contribution >= 4 is 17.5 Å². The molecule has 0 spiro atoms. The first-order valence-corrected chi connectivity index (χ1v) is 10.4. The van der Waals surface area contributed by atoms with Crippen LogP contribution in [0.2, 0.25) is 0 Å². The molecule has 2 fully saturated rings. The summed E-state index contributed by atoms with van der Waals surface area (Å²) < 4.78 is 23.7. The van der Waals surface area contributed by atoms with Gasteiger partial charge in [0.1, 0.15) is 11.9 Å². The van der Waals surface area contributed by atoms with Gasteiger partial charge in [-0.15, -0.1) is 0 Å². The van der Waals surface area contributed by atoms with Gasteiger partial charge in [-0.3, -0.25) is 9.59 Å². The SMILES string of the molecule is COc1ccc(N2CC(C(=O)NC3CCC(Oc4ncc(F)cn4)CC3)CC2=O)cc1. The summed E-state index contributed by atoms with van der Waals surface area (Å²) in [5.41, 5.74) is 0.766. The number of methoxy groups -OCH3 is 1. The van der Waals surface area contributed by atoms with Gasteiger partial charge < -0.3 is 19.7 Å². The summed E-state index contributed by atoms with van der Waals surface area (Å²) in [6, 6.07) is 7.45. The Labute approximate surface area is 179 Å². The predicted molar refractivity (Wildman–Crippen MR) is 110 cm³/mol. The number of nitrogens with one attached hydrogen (secondary N) is 1. The van der Waals surface area contributed by atoms with E-state index in [1.807, 2.05) is 12.1 Å². The van der Waals surface area contributed by atoms with Gasteiger partial charge in [0.2, 0.25) is 11.8 Å². The highest BCUT2D eigenvalue weighted by Crippen LogP contribution is 2.28. The second-order valence-electron chi connectivity index (χ2n) is 7.89. The van der Waals surface area contributed by atoms with Gasteiger partial charge in [-0.25, -0.2) is 14.4 Å². The van der Waals surface area contributed by atoms with Crippen LogP contribution in [0.4, 0.5) is 10.1 Å².